The molecular formula is C13H16ClF3N2O2. The number of alkyl carbamates (subject to hydrolysis) is 1. The predicted octanol–water partition coefficient (Wildman–Crippen LogP) is 3.86. The fraction of sp³-hybridized carbons (Fsp3) is 0.538. The Labute approximate surface area is 125 Å². The van der Waals surface area contributed by atoms with Crippen LogP contribution in [0.15, 0.2) is 12.1 Å². The molecule has 1 rings (SSSR count). The fourth-order valence-electron chi connectivity index (χ4n) is 1.45. The van der Waals surface area contributed by atoms with Gasteiger partial charge in [-0.1, -0.05) is 0 Å². The minimum atomic E-state index is -4.57. The smallest absolute Gasteiger partial charge is 0.433 e. The Morgan fingerprint density at radius 1 is 1.33 bits per heavy atom. The SMILES string of the molecule is CC(C)(C)OC(=O)NCc1cc(CCl)nc(C(F)(F)F)c1. The number of amides is 1. The van der Waals surface area contributed by atoms with Gasteiger partial charge in [0.25, 0.3) is 0 Å². The van der Waals surface area contributed by atoms with Crippen molar-refractivity contribution in [1.82, 2.24) is 10.3 Å². The highest BCUT2D eigenvalue weighted by Crippen LogP contribution is 2.28. The lowest BCUT2D eigenvalue weighted by molar-refractivity contribution is -0.141. The number of alkyl halides is 4. The molecule has 0 aliphatic rings. The lowest BCUT2D eigenvalue weighted by Gasteiger charge is -2.19. The first kappa shape index (κ1) is 17.6. The van der Waals surface area contributed by atoms with E-state index in [9.17, 15) is 18.0 Å². The summed E-state index contributed by atoms with van der Waals surface area (Å²) < 4.78 is 43.1. The third-order valence-electron chi connectivity index (χ3n) is 2.20. The Kier molecular flexibility index (Phi) is 5.44. The third kappa shape index (κ3) is 6.20. The summed E-state index contributed by atoms with van der Waals surface area (Å²) in [6, 6.07) is 2.27. The van der Waals surface area contributed by atoms with Gasteiger partial charge in [-0.15, -0.1) is 11.6 Å². The van der Waals surface area contributed by atoms with Crippen molar-refractivity contribution >= 4 is 17.7 Å². The number of pyridine rings is 1. The second kappa shape index (κ2) is 6.51. The van der Waals surface area contributed by atoms with Crippen molar-refractivity contribution in [2.45, 2.75) is 45.0 Å². The lowest BCUT2D eigenvalue weighted by atomic mass is 10.2. The highest BCUT2D eigenvalue weighted by Gasteiger charge is 2.33. The molecule has 1 aromatic heterocycles. The van der Waals surface area contributed by atoms with E-state index in [-0.39, 0.29) is 23.7 Å². The van der Waals surface area contributed by atoms with Gasteiger partial charge in [0, 0.05) is 6.54 Å². The molecule has 0 spiro atoms. The first-order valence-corrected chi connectivity index (χ1v) is 6.64. The molecule has 1 heterocycles. The maximum atomic E-state index is 12.7. The monoisotopic (exact) mass is 324 g/mol. The molecule has 0 unspecified atom stereocenters. The highest BCUT2D eigenvalue weighted by molar-refractivity contribution is 6.16. The van der Waals surface area contributed by atoms with Gasteiger partial charge >= 0.3 is 12.3 Å². The van der Waals surface area contributed by atoms with Crippen LogP contribution in [0.5, 0.6) is 0 Å². The van der Waals surface area contributed by atoms with E-state index in [2.05, 4.69) is 10.3 Å². The van der Waals surface area contributed by atoms with Crippen molar-refractivity contribution in [3.8, 4) is 0 Å². The molecule has 1 N–H and O–H groups in total. The number of nitrogens with one attached hydrogen (secondary N) is 1. The van der Waals surface area contributed by atoms with Crippen molar-refractivity contribution in [3.63, 3.8) is 0 Å². The van der Waals surface area contributed by atoms with Gasteiger partial charge in [-0.05, 0) is 38.5 Å². The van der Waals surface area contributed by atoms with Gasteiger partial charge in [0.05, 0.1) is 11.6 Å². The Hall–Kier alpha value is -1.50. The van der Waals surface area contributed by atoms with Crippen molar-refractivity contribution in [3.05, 3.63) is 29.1 Å². The number of hydrogen-bond acceptors (Lipinski definition) is 3. The maximum Gasteiger partial charge on any atom is 0.433 e. The van der Waals surface area contributed by atoms with Crippen LogP contribution in [0.1, 0.15) is 37.7 Å². The van der Waals surface area contributed by atoms with E-state index >= 15 is 0 Å². The second-order valence-electron chi connectivity index (χ2n) is 5.34. The Balaban J connectivity index is 2.82. The molecule has 0 aromatic carbocycles. The minimum absolute atomic E-state index is 0.0903. The van der Waals surface area contributed by atoms with E-state index in [0.29, 0.717) is 0 Å². The van der Waals surface area contributed by atoms with E-state index in [1.807, 2.05) is 0 Å². The summed E-state index contributed by atoms with van der Waals surface area (Å²) in [5.41, 5.74) is -1.38. The van der Waals surface area contributed by atoms with E-state index in [1.165, 1.54) is 6.07 Å². The molecule has 1 amide bonds. The molecule has 0 bridgehead atoms. The molecule has 0 atom stereocenters. The molecule has 0 aliphatic carbocycles. The van der Waals surface area contributed by atoms with E-state index in [1.54, 1.807) is 20.8 Å². The molecule has 0 radical (unpaired) electrons. The molecule has 8 heteroatoms. The summed E-state index contributed by atoms with van der Waals surface area (Å²) in [6.07, 6.45) is -5.27. The van der Waals surface area contributed by atoms with Crippen LogP contribution in [-0.2, 0) is 23.3 Å². The van der Waals surface area contributed by atoms with E-state index < -0.39 is 23.6 Å². The Morgan fingerprint density at radius 2 is 1.95 bits per heavy atom. The van der Waals surface area contributed by atoms with Crippen LogP contribution >= 0.6 is 11.6 Å². The van der Waals surface area contributed by atoms with Crippen molar-refractivity contribution in [2.24, 2.45) is 0 Å². The summed E-state index contributed by atoms with van der Waals surface area (Å²) in [4.78, 5) is 14.9. The predicted molar refractivity (Wildman–Crippen MR) is 71.9 cm³/mol. The number of halogens is 4. The quantitative estimate of drug-likeness (QED) is 0.859. The van der Waals surface area contributed by atoms with Gasteiger partial charge < -0.3 is 10.1 Å². The lowest BCUT2D eigenvalue weighted by Crippen LogP contribution is -2.32. The normalized spacial score (nSPS) is 12.1. The molecule has 0 saturated heterocycles. The van der Waals surface area contributed by atoms with Crippen LogP contribution in [0.4, 0.5) is 18.0 Å². The number of nitrogens with zero attached hydrogens (tertiary/aromatic N) is 1. The minimum Gasteiger partial charge on any atom is -0.444 e. The first-order chi connectivity index (χ1) is 9.51. The van der Waals surface area contributed by atoms with E-state index in [4.69, 9.17) is 16.3 Å². The number of hydrogen-bond donors (Lipinski definition) is 1. The van der Waals surface area contributed by atoms with Gasteiger partial charge in [0.15, 0.2) is 0 Å². The van der Waals surface area contributed by atoms with Crippen LogP contribution in [0, 0.1) is 0 Å². The maximum absolute atomic E-state index is 12.7. The highest BCUT2D eigenvalue weighted by atomic mass is 35.5. The summed E-state index contributed by atoms with van der Waals surface area (Å²) in [5, 5.41) is 2.39. The average Bonchev–Trinajstić information content (AvgIpc) is 2.33. The zero-order valence-corrected chi connectivity index (χ0v) is 12.6. The van der Waals surface area contributed by atoms with Gasteiger partial charge in [-0.2, -0.15) is 13.2 Å². The van der Waals surface area contributed by atoms with Crippen LogP contribution < -0.4 is 5.32 Å². The largest absolute Gasteiger partial charge is 0.444 e. The molecule has 0 aliphatic heterocycles. The molecule has 1 aromatic rings. The van der Waals surface area contributed by atoms with Crippen LogP contribution in [0.25, 0.3) is 0 Å². The summed E-state index contributed by atoms with van der Waals surface area (Å²) >= 11 is 5.53. The van der Waals surface area contributed by atoms with Crippen LogP contribution in [0.3, 0.4) is 0 Å². The zero-order valence-electron chi connectivity index (χ0n) is 11.8. The summed E-state index contributed by atoms with van der Waals surface area (Å²) in [5.74, 6) is -0.149. The number of carbonyl (C=O) groups is 1. The van der Waals surface area contributed by atoms with Crippen molar-refractivity contribution in [2.75, 3.05) is 0 Å². The molecular weight excluding hydrogens is 309 g/mol. The van der Waals surface area contributed by atoms with Gasteiger partial charge in [-0.25, -0.2) is 9.78 Å². The zero-order chi connectivity index (χ0) is 16.3. The third-order valence-corrected chi connectivity index (χ3v) is 2.48. The molecule has 118 valence electrons. The number of rotatable bonds is 3. The van der Waals surface area contributed by atoms with Crippen LogP contribution in [-0.4, -0.2) is 16.7 Å². The summed E-state index contributed by atoms with van der Waals surface area (Å²) in [7, 11) is 0. The number of carbonyl (C=O) groups excluding carboxylic acids is 1. The first-order valence-electron chi connectivity index (χ1n) is 6.11. The Morgan fingerprint density at radius 3 is 2.43 bits per heavy atom. The van der Waals surface area contributed by atoms with Gasteiger partial charge in [0.2, 0.25) is 0 Å². The molecule has 4 nitrogen and oxygen atoms in total. The number of aromatic nitrogens is 1. The van der Waals surface area contributed by atoms with Crippen molar-refractivity contribution < 1.29 is 22.7 Å². The van der Waals surface area contributed by atoms with Crippen molar-refractivity contribution in [1.29, 1.82) is 0 Å². The molecule has 21 heavy (non-hydrogen) atoms. The van der Waals surface area contributed by atoms with Crippen LogP contribution in [0.2, 0.25) is 0 Å². The standard InChI is InChI=1S/C13H16ClF3N2O2/c1-12(2,3)21-11(20)18-7-8-4-9(6-14)19-10(5-8)13(15,16)17/h4-5H,6-7H2,1-3H3,(H,18,20). The second-order valence-corrected chi connectivity index (χ2v) is 5.61. The number of ether oxygens (including phenoxy) is 1. The average molecular weight is 325 g/mol. The van der Waals surface area contributed by atoms with Gasteiger partial charge in [-0.3, -0.25) is 0 Å². The topological polar surface area (TPSA) is 51.2 Å². The summed E-state index contributed by atoms with van der Waals surface area (Å²) in [6.45, 7) is 4.95. The molecule has 0 fully saturated rings. The van der Waals surface area contributed by atoms with Gasteiger partial charge in [0.1, 0.15) is 11.3 Å². The Bertz CT molecular complexity index is 513. The fourth-order valence-corrected chi connectivity index (χ4v) is 1.59. The molecule has 0 saturated carbocycles. The van der Waals surface area contributed by atoms with E-state index in [0.717, 1.165) is 6.07 Å².